The monoisotopic (exact) mass is 332 g/mol. The Bertz CT molecular complexity index is 501. The van der Waals surface area contributed by atoms with E-state index in [0.717, 1.165) is 38.1 Å². The molecule has 0 saturated carbocycles. The Morgan fingerprint density at radius 3 is 2.91 bits per heavy atom. The molecule has 2 aliphatic rings. The summed E-state index contributed by atoms with van der Waals surface area (Å²) in [4.78, 5) is 15.0. The van der Waals surface area contributed by atoms with Crippen molar-refractivity contribution >= 4 is 17.7 Å². The molecule has 1 aromatic rings. The van der Waals surface area contributed by atoms with Gasteiger partial charge < -0.3 is 10.2 Å². The standard InChI is InChI=1S/C19H28N2OS/c1-2-17(15-7-4-3-5-8-15)18-9-6-11-21(18)19(22)13-16-14-23-12-10-20-16/h3-5,7-8,16-18,20H,2,6,9-14H2,1H3. The minimum atomic E-state index is 0.349. The zero-order valence-corrected chi connectivity index (χ0v) is 14.9. The molecule has 0 radical (unpaired) electrons. The Balaban J connectivity index is 1.67. The summed E-state index contributed by atoms with van der Waals surface area (Å²) in [6.07, 6.45) is 4.04. The van der Waals surface area contributed by atoms with Crippen LogP contribution in [0.3, 0.4) is 0 Å². The van der Waals surface area contributed by atoms with E-state index >= 15 is 0 Å². The third-order valence-electron chi connectivity index (χ3n) is 5.17. The molecule has 0 aliphatic carbocycles. The maximum atomic E-state index is 12.9. The normalized spacial score (nSPS) is 26.2. The number of nitrogens with one attached hydrogen (secondary N) is 1. The number of nitrogens with zero attached hydrogens (tertiary/aromatic N) is 1. The lowest BCUT2D eigenvalue weighted by Gasteiger charge is -2.33. The number of hydrogen-bond acceptors (Lipinski definition) is 3. The molecule has 3 nitrogen and oxygen atoms in total. The van der Waals surface area contributed by atoms with Gasteiger partial charge in [0.1, 0.15) is 0 Å². The van der Waals surface area contributed by atoms with Crippen LogP contribution < -0.4 is 5.32 Å². The lowest BCUT2D eigenvalue weighted by Crippen LogP contribution is -2.45. The number of benzene rings is 1. The van der Waals surface area contributed by atoms with E-state index in [0.29, 0.717) is 30.3 Å². The van der Waals surface area contributed by atoms with Crippen molar-refractivity contribution in [1.82, 2.24) is 10.2 Å². The van der Waals surface area contributed by atoms with E-state index in [-0.39, 0.29) is 0 Å². The second kappa shape index (κ2) is 8.20. The number of amides is 1. The highest BCUT2D eigenvalue weighted by Crippen LogP contribution is 2.34. The summed E-state index contributed by atoms with van der Waals surface area (Å²) >= 11 is 1.96. The Morgan fingerprint density at radius 2 is 2.22 bits per heavy atom. The van der Waals surface area contributed by atoms with Crippen molar-refractivity contribution in [1.29, 1.82) is 0 Å². The molecule has 3 unspecified atom stereocenters. The molecular formula is C19H28N2OS. The molecule has 3 atom stereocenters. The van der Waals surface area contributed by atoms with Gasteiger partial charge in [-0.05, 0) is 24.8 Å². The molecule has 2 fully saturated rings. The molecule has 0 aromatic heterocycles. The Hall–Kier alpha value is -1.000. The quantitative estimate of drug-likeness (QED) is 0.898. The number of likely N-dealkylation sites (tertiary alicyclic amines) is 1. The van der Waals surface area contributed by atoms with Crippen LogP contribution in [0.2, 0.25) is 0 Å². The number of rotatable bonds is 5. The third-order valence-corrected chi connectivity index (χ3v) is 6.30. The van der Waals surface area contributed by atoms with E-state index in [1.807, 2.05) is 11.8 Å². The van der Waals surface area contributed by atoms with Gasteiger partial charge in [-0.1, -0.05) is 37.3 Å². The molecular weight excluding hydrogens is 304 g/mol. The number of carbonyl (C=O) groups excluding carboxylic acids is 1. The molecule has 2 aliphatic heterocycles. The molecule has 1 amide bonds. The van der Waals surface area contributed by atoms with Crippen molar-refractivity contribution in [3.8, 4) is 0 Å². The van der Waals surface area contributed by atoms with Crippen molar-refractivity contribution in [3.05, 3.63) is 35.9 Å². The van der Waals surface area contributed by atoms with Gasteiger partial charge in [-0.2, -0.15) is 11.8 Å². The van der Waals surface area contributed by atoms with E-state index in [1.54, 1.807) is 0 Å². The minimum absolute atomic E-state index is 0.349. The fraction of sp³-hybridized carbons (Fsp3) is 0.632. The van der Waals surface area contributed by atoms with Crippen LogP contribution in [-0.4, -0.2) is 47.5 Å². The van der Waals surface area contributed by atoms with Crippen LogP contribution in [0.25, 0.3) is 0 Å². The maximum Gasteiger partial charge on any atom is 0.224 e. The minimum Gasteiger partial charge on any atom is -0.339 e. The van der Waals surface area contributed by atoms with Gasteiger partial charge >= 0.3 is 0 Å². The number of carbonyl (C=O) groups is 1. The molecule has 2 saturated heterocycles. The smallest absolute Gasteiger partial charge is 0.224 e. The van der Waals surface area contributed by atoms with Crippen LogP contribution in [0.4, 0.5) is 0 Å². The van der Waals surface area contributed by atoms with Gasteiger partial charge in [0.15, 0.2) is 0 Å². The van der Waals surface area contributed by atoms with E-state index in [2.05, 4.69) is 47.5 Å². The van der Waals surface area contributed by atoms with Gasteiger partial charge in [-0.3, -0.25) is 4.79 Å². The van der Waals surface area contributed by atoms with Gasteiger partial charge in [0, 0.05) is 49.0 Å². The van der Waals surface area contributed by atoms with Gasteiger partial charge in [0.2, 0.25) is 5.91 Å². The molecule has 1 aromatic carbocycles. The van der Waals surface area contributed by atoms with Gasteiger partial charge in [-0.25, -0.2) is 0 Å². The first-order valence-corrected chi connectivity index (χ1v) is 10.1. The lowest BCUT2D eigenvalue weighted by atomic mass is 9.87. The average molecular weight is 333 g/mol. The summed E-state index contributed by atoms with van der Waals surface area (Å²) in [5.74, 6) is 3.06. The molecule has 126 valence electrons. The van der Waals surface area contributed by atoms with Crippen molar-refractivity contribution in [2.75, 3.05) is 24.6 Å². The van der Waals surface area contributed by atoms with Gasteiger partial charge in [-0.15, -0.1) is 0 Å². The maximum absolute atomic E-state index is 12.9. The Morgan fingerprint density at radius 1 is 1.39 bits per heavy atom. The van der Waals surface area contributed by atoms with E-state index in [1.165, 1.54) is 11.3 Å². The van der Waals surface area contributed by atoms with Crippen molar-refractivity contribution in [3.63, 3.8) is 0 Å². The van der Waals surface area contributed by atoms with Crippen LogP contribution in [0.15, 0.2) is 30.3 Å². The topological polar surface area (TPSA) is 32.3 Å². The molecule has 3 rings (SSSR count). The second-order valence-corrected chi connectivity index (χ2v) is 7.80. The number of thioether (sulfide) groups is 1. The fourth-order valence-electron chi connectivity index (χ4n) is 4.03. The SMILES string of the molecule is CCC(c1ccccc1)C1CCCN1C(=O)CC1CSCCN1. The molecule has 1 N–H and O–H groups in total. The van der Waals surface area contributed by atoms with Crippen LogP contribution >= 0.6 is 11.8 Å². The van der Waals surface area contributed by atoms with Crippen LogP contribution in [0, 0.1) is 0 Å². The van der Waals surface area contributed by atoms with Gasteiger partial charge in [0.05, 0.1) is 0 Å². The van der Waals surface area contributed by atoms with Crippen molar-refractivity contribution in [2.45, 2.75) is 50.6 Å². The summed E-state index contributed by atoms with van der Waals surface area (Å²) in [5, 5.41) is 3.49. The molecule has 2 heterocycles. The van der Waals surface area contributed by atoms with Gasteiger partial charge in [0.25, 0.3) is 0 Å². The third kappa shape index (κ3) is 4.10. The van der Waals surface area contributed by atoms with Crippen molar-refractivity contribution < 1.29 is 4.79 Å². The predicted octanol–water partition coefficient (Wildman–Crippen LogP) is 3.27. The highest BCUT2D eigenvalue weighted by Gasteiger charge is 2.35. The lowest BCUT2D eigenvalue weighted by molar-refractivity contribution is -0.132. The summed E-state index contributed by atoms with van der Waals surface area (Å²) in [6, 6.07) is 11.5. The Labute approximate surface area is 144 Å². The van der Waals surface area contributed by atoms with E-state index in [9.17, 15) is 4.79 Å². The fourth-order valence-corrected chi connectivity index (χ4v) is 4.98. The number of hydrogen-bond donors (Lipinski definition) is 1. The summed E-state index contributed by atoms with van der Waals surface area (Å²) in [7, 11) is 0. The van der Waals surface area contributed by atoms with Crippen LogP contribution in [0.1, 0.15) is 44.1 Å². The van der Waals surface area contributed by atoms with Crippen molar-refractivity contribution in [2.24, 2.45) is 0 Å². The molecule has 23 heavy (non-hydrogen) atoms. The zero-order chi connectivity index (χ0) is 16.1. The van der Waals surface area contributed by atoms with E-state index < -0.39 is 0 Å². The predicted molar refractivity (Wildman–Crippen MR) is 97.9 cm³/mol. The average Bonchev–Trinajstić information content (AvgIpc) is 3.07. The first-order valence-electron chi connectivity index (χ1n) is 8.95. The van der Waals surface area contributed by atoms with E-state index in [4.69, 9.17) is 0 Å². The zero-order valence-electron chi connectivity index (χ0n) is 14.0. The summed E-state index contributed by atoms with van der Waals surface area (Å²) < 4.78 is 0. The highest BCUT2D eigenvalue weighted by molar-refractivity contribution is 7.99. The largest absolute Gasteiger partial charge is 0.339 e. The summed E-state index contributed by atoms with van der Waals surface area (Å²) in [5.41, 5.74) is 1.38. The Kier molecular flexibility index (Phi) is 6.01. The first-order chi connectivity index (χ1) is 11.3. The molecule has 0 spiro atoms. The van der Waals surface area contributed by atoms with Crippen LogP contribution in [-0.2, 0) is 4.79 Å². The second-order valence-electron chi connectivity index (χ2n) is 6.65. The first kappa shape index (κ1) is 16.8. The van der Waals surface area contributed by atoms with Crippen LogP contribution in [0.5, 0.6) is 0 Å². The highest BCUT2D eigenvalue weighted by atomic mass is 32.2. The summed E-state index contributed by atoms with van der Waals surface area (Å²) in [6.45, 7) is 4.22. The molecule has 4 heteroatoms. The molecule has 0 bridgehead atoms.